The van der Waals surface area contributed by atoms with Gasteiger partial charge in [0, 0.05) is 6.54 Å². The van der Waals surface area contributed by atoms with Gasteiger partial charge in [-0.3, -0.25) is 4.79 Å². The van der Waals surface area contributed by atoms with Gasteiger partial charge in [-0.1, -0.05) is 13.0 Å². The summed E-state index contributed by atoms with van der Waals surface area (Å²) in [5.41, 5.74) is 2.16. The third kappa shape index (κ3) is 4.86. The summed E-state index contributed by atoms with van der Waals surface area (Å²) >= 11 is 0. The van der Waals surface area contributed by atoms with Gasteiger partial charge >= 0.3 is 18.3 Å². The number of hydrogen-bond acceptors (Lipinski definition) is 2. The molecule has 2 unspecified atom stereocenters. The number of carbonyl (C=O) groups is 1. The molecule has 0 radical (unpaired) electrons. The fraction of sp³-hybridized carbons (Fsp3) is 0.533. The summed E-state index contributed by atoms with van der Waals surface area (Å²) in [5.74, 6) is -3.19. The standard InChI is InChI=1S/C15H17F6NO2/c1-2-8(5-9(7-22)13(23)24)11-4-3-10(14(16,17)18)6-12(11)15(19,20)21/h3-4,6,8-9H,2,5,7,22H2,1H3,(H,23,24). The number of rotatable bonds is 6. The fourth-order valence-corrected chi connectivity index (χ4v) is 2.49. The maximum absolute atomic E-state index is 13.2. The highest BCUT2D eigenvalue weighted by atomic mass is 19.4. The van der Waals surface area contributed by atoms with Gasteiger partial charge in [-0.2, -0.15) is 26.3 Å². The predicted molar refractivity (Wildman–Crippen MR) is 74.3 cm³/mol. The van der Waals surface area contributed by atoms with Crippen LogP contribution in [0.2, 0.25) is 0 Å². The second kappa shape index (κ2) is 7.42. The molecule has 3 N–H and O–H groups in total. The smallest absolute Gasteiger partial charge is 0.416 e. The Balaban J connectivity index is 3.36. The molecule has 0 saturated heterocycles. The molecule has 1 aromatic rings. The van der Waals surface area contributed by atoms with Crippen molar-refractivity contribution >= 4 is 5.97 Å². The Kier molecular flexibility index (Phi) is 6.26. The Hall–Kier alpha value is -1.77. The number of alkyl halides is 6. The Morgan fingerprint density at radius 3 is 2.12 bits per heavy atom. The third-order valence-electron chi connectivity index (χ3n) is 3.82. The Morgan fingerprint density at radius 2 is 1.75 bits per heavy atom. The van der Waals surface area contributed by atoms with Gasteiger partial charge in [0.2, 0.25) is 0 Å². The molecule has 136 valence electrons. The van der Waals surface area contributed by atoms with Gasteiger partial charge in [0.1, 0.15) is 0 Å². The predicted octanol–water partition coefficient (Wildman–Crippen LogP) is 4.27. The van der Waals surface area contributed by atoms with Gasteiger partial charge in [0.05, 0.1) is 17.0 Å². The number of hydrogen-bond donors (Lipinski definition) is 2. The van der Waals surface area contributed by atoms with Crippen molar-refractivity contribution in [3.8, 4) is 0 Å². The van der Waals surface area contributed by atoms with E-state index >= 15 is 0 Å². The van der Waals surface area contributed by atoms with E-state index in [0.717, 1.165) is 6.07 Å². The summed E-state index contributed by atoms with van der Waals surface area (Å²) in [6, 6.07) is 1.41. The average Bonchev–Trinajstić information content (AvgIpc) is 2.45. The second-order valence-corrected chi connectivity index (χ2v) is 5.41. The molecular weight excluding hydrogens is 340 g/mol. The van der Waals surface area contributed by atoms with Crippen LogP contribution in [-0.4, -0.2) is 17.6 Å². The summed E-state index contributed by atoms with van der Waals surface area (Å²) < 4.78 is 77.6. The largest absolute Gasteiger partial charge is 0.481 e. The number of nitrogens with two attached hydrogens (primary N) is 1. The highest BCUT2D eigenvalue weighted by molar-refractivity contribution is 5.70. The van der Waals surface area contributed by atoms with Crippen LogP contribution in [0.3, 0.4) is 0 Å². The van der Waals surface area contributed by atoms with Gasteiger partial charge in [0.15, 0.2) is 0 Å². The molecule has 0 saturated carbocycles. The molecule has 0 aliphatic heterocycles. The summed E-state index contributed by atoms with van der Waals surface area (Å²) in [6.07, 6.45) is -9.93. The monoisotopic (exact) mass is 357 g/mol. The van der Waals surface area contributed by atoms with Crippen molar-refractivity contribution in [2.75, 3.05) is 6.54 Å². The molecule has 2 atom stereocenters. The molecule has 0 heterocycles. The van der Waals surface area contributed by atoms with Crippen LogP contribution >= 0.6 is 0 Å². The number of benzene rings is 1. The highest BCUT2D eigenvalue weighted by Crippen LogP contribution is 2.41. The average molecular weight is 357 g/mol. The van der Waals surface area contributed by atoms with Crippen LogP contribution in [0.5, 0.6) is 0 Å². The number of carboxylic acid groups (broad SMARTS) is 1. The van der Waals surface area contributed by atoms with Crippen LogP contribution in [0.4, 0.5) is 26.3 Å². The lowest BCUT2D eigenvalue weighted by Gasteiger charge is -2.24. The first-order valence-corrected chi connectivity index (χ1v) is 7.13. The number of aliphatic carboxylic acids is 1. The summed E-state index contributed by atoms with van der Waals surface area (Å²) in [5, 5.41) is 8.99. The molecule has 24 heavy (non-hydrogen) atoms. The lowest BCUT2D eigenvalue weighted by molar-refractivity contribution is -0.143. The van der Waals surface area contributed by atoms with Crippen LogP contribution in [0, 0.1) is 5.92 Å². The summed E-state index contributed by atoms with van der Waals surface area (Å²) in [6.45, 7) is 1.27. The SMILES string of the molecule is CCC(CC(CN)C(=O)O)c1ccc(C(F)(F)F)cc1C(F)(F)F. The Labute approximate surface area is 134 Å². The van der Waals surface area contributed by atoms with E-state index in [1.54, 1.807) is 0 Å². The van der Waals surface area contributed by atoms with Crippen LogP contribution < -0.4 is 5.73 Å². The third-order valence-corrected chi connectivity index (χ3v) is 3.82. The molecule has 0 amide bonds. The zero-order chi connectivity index (χ0) is 18.7. The van der Waals surface area contributed by atoms with Crippen LogP contribution in [0.25, 0.3) is 0 Å². The molecule has 0 spiro atoms. The molecule has 3 nitrogen and oxygen atoms in total. The van der Waals surface area contributed by atoms with E-state index in [0.29, 0.717) is 6.07 Å². The summed E-state index contributed by atoms with van der Waals surface area (Å²) in [7, 11) is 0. The normalized spacial score (nSPS) is 15.2. The second-order valence-electron chi connectivity index (χ2n) is 5.41. The van der Waals surface area contributed by atoms with Crippen molar-refractivity contribution in [2.24, 2.45) is 11.7 Å². The maximum Gasteiger partial charge on any atom is 0.416 e. The molecule has 0 aliphatic rings. The Morgan fingerprint density at radius 1 is 1.17 bits per heavy atom. The maximum atomic E-state index is 13.2. The highest BCUT2D eigenvalue weighted by Gasteiger charge is 2.39. The number of carboxylic acids is 1. The van der Waals surface area contributed by atoms with Crippen molar-refractivity contribution in [3.63, 3.8) is 0 Å². The fourth-order valence-electron chi connectivity index (χ4n) is 2.49. The summed E-state index contributed by atoms with van der Waals surface area (Å²) in [4.78, 5) is 11.0. The van der Waals surface area contributed by atoms with E-state index in [2.05, 4.69) is 0 Å². The quantitative estimate of drug-likeness (QED) is 0.748. The van der Waals surface area contributed by atoms with E-state index in [4.69, 9.17) is 10.8 Å². The first-order chi connectivity index (χ1) is 10.9. The van der Waals surface area contributed by atoms with Crippen LogP contribution in [-0.2, 0) is 17.1 Å². The van der Waals surface area contributed by atoms with Crippen molar-refractivity contribution in [3.05, 3.63) is 34.9 Å². The lowest BCUT2D eigenvalue weighted by atomic mass is 9.83. The first-order valence-electron chi connectivity index (χ1n) is 7.13. The van der Waals surface area contributed by atoms with E-state index in [1.807, 2.05) is 0 Å². The van der Waals surface area contributed by atoms with Crippen molar-refractivity contribution in [1.82, 2.24) is 0 Å². The van der Waals surface area contributed by atoms with Crippen molar-refractivity contribution in [1.29, 1.82) is 0 Å². The molecular formula is C15H17F6NO2. The minimum atomic E-state index is -4.98. The van der Waals surface area contributed by atoms with Crippen LogP contribution in [0.1, 0.15) is 42.4 Å². The van der Waals surface area contributed by atoms with Gasteiger partial charge in [-0.15, -0.1) is 0 Å². The minimum absolute atomic E-state index is 0.0657. The molecule has 1 rings (SSSR count). The lowest BCUT2D eigenvalue weighted by Crippen LogP contribution is -2.26. The zero-order valence-electron chi connectivity index (χ0n) is 12.7. The topological polar surface area (TPSA) is 63.3 Å². The van der Waals surface area contributed by atoms with E-state index in [-0.39, 0.29) is 31.0 Å². The van der Waals surface area contributed by atoms with Crippen molar-refractivity contribution in [2.45, 2.75) is 38.0 Å². The minimum Gasteiger partial charge on any atom is -0.481 e. The van der Waals surface area contributed by atoms with Gasteiger partial charge in [-0.25, -0.2) is 0 Å². The van der Waals surface area contributed by atoms with E-state index in [1.165, 1.54) is 6.92 Å². The number of halogens is 6. The molecule has 0 bridgehead atoms. The Bertz CT molecular complexity index is 582. The van der Waals surface area contributed by atoms with Gasteiger partial charge in [-0.05, 0) is 36.5 Å². The molecule has 0 fully saturated rings. The molecule has 9 heteroatoms. The van der Waals surface area contributed by atoms with Gasteiger partial charge < -0.3 is 10.8 Å². The van der Waals surface area contributed by atoms with E-state index in [9.17, 15) is 31.1 Å². The molecule has 1 aromatic carbocycles. The zero-order valence-corrected chi connectivity index (χ0v) is 12.7. The van der Waals surface area contributed by atoms with Gasteiger partial charge in [0.25, 0.3) is 0 Å². The molecule has 0 aliphatic carbocycles. The first kappa shape index (κ1) is 20.3. The van der Waals surface area contributed by atoms with Crippen molar-refractivity contribution < 1.29 is 36.2 Å². The molecule has 0 aromatic heterocycles. The van der Waals surface area contributed by atoms with Crippen LogP contribution in [0.15, 0.2) is 18.2 Å². The van der Waals surface area contributed by atoms with E-state index < -0.39 is 41.3 Å².